The van der Waals surface area contributed by atoms with Crippen LogP contribution in [0.4, 0.5) is 0 Å². The smallest absolute Gasteiger partial charge is 0.245 e. The van der Waals surface area contributed by atoms with Crippen molar-refractivity contribution in [3.05, 3.63) is 0 Å². The van der Waals surface area contributed by atoms with Crippen LogP contribution in [0.1, 0.15) is 75.2 Å². The van der Waals surface area contributed by atoms with Crippen LogP contribution < -0.4 is 11.2 Å². The van der Waals surface area contributed by atoms with E-state index in [4.69, 9.17) is 5.73 Å². The van der Waals surface area contributed by atoms with Crippen LogP contribution in [0, 0.1) is 16.2 Å². The fourth-order valence-corrected chi connectivity index (χ4v) is 3.05. The van der Waals surface area contributed by atoms with Gasteiger partial charge in [-0.3, -0.25) is 4.79 Å². The van der Waals surface area contributed by atoms with E-state index in [-0.39, 0.29) is 22.3 Å². The van der Waals surface area contributed by atoms with E-state index in [2.05, 4.69) is 45.1 Å². The van der Waals surface area contributed by atoms with Gasteiger partial charge in [-0.25, -0.2) is 5.43 Å². The van der Waals surface area contributed by atoms with Gasteiger partial charge >= 0.3 is 0 Å². The first-order chi connectivity index (χ1) is 9.04. The van der Waals surface area contributed by atoms with Gasteiger partial charge in [0.15, 0.2) is 0 Å². The highest BCUT2D eigenvalue weighted by Gasteiger charge is 2.33. The Labute approximate surface area is 130 Å². The second-order valence-electron chi connectivity index (χ2n) is 9.47. The number of rotatable bonds is 6. The molecule has 0 bridgehead atoms. The van der Waals surface area contributed by atoms with Gasteiger partial charge in [0.1, 0.15) is 0 Å². The summed E-state index contributed by atoms with van der Waals surface area (Å²) in [4.78, 5) is 12.2. The van der Waals surface area contributed by atoms with Gasteiger partial charge < -0.3 is 5.73 Å². The first-order valence-corrected chi connectivity index (χ1v) is 7.68. The standard InChI is InChI=1S/C17H35N3O/c1-14(2,3)10-15(4,5)12-19-20-13(21)16(6,7)11-17(8,9)18/h12H,10-11,18H2,1-9H3,(H,20,21)/b19-12+. The highest BCUT2D eigenvalue weighted by atomic mass is 16.2. The molecule has 124 valence electrons. The van der Waals surface area contributed by atoms with Crippen LogP contribution >= 0.6 is 0 Å². The molecule has 0 heterocycles. The molecule has 21 heavy (non-hydrogen) atoms. The molecule has 0 aliphatic carbocycles. The van der Waals surface area contributed by atoms with E-state index in [1.165, 1.54) is 0 Å². The Hall–Kier alpha value is -0.900. The van der Waals surface area contributed by atoms with Crippen molar-refractivity contribution in [2.24, 2.45) is 27.1 Å². The zero-order valence-corrected chi connectivity index (χ0v) is 15.4. The SMILES string of the molecule is CC(C)(C)CC(C)(C)/C=N/NC(=O)C(C)(C)CC(C)(C)N. The van der Waals surface area contributed by atoms with Crippen molar-refractivity contribution in [3.63, 3.8) is 0 Å². The molecular weight excluding hydrogens is 262 g/mol. The summed E-state index contributed by atoms with van der Waals surface area (Å²) >= 11 is 0. The number of hydrazone groups is 1. The lowest BCUT2D eigenvalue weighted by Gasteiger charge is -2.31. The van der Waals surface area contributed by atoms with Crippen LogP contribution in [0.15, 0.2) is 5.10 Å². The third-order valence-electron chi connectivity index (χ3n) is 3.08. The van der Waals surface area contributed by atoms with E-state index >= 15 is 0 Å². The molecule has 0 aromatic rings. The maximum atomic E-state index is 12.2. The number of nitrogens with one attached hydrogen (secondary N) is 1. The number of amides is 1. The minimum atomic E-state index is -0.538. The lowest BCUT2D eigenvalue weighted by molar-refractivity contribution is -0.130. The zero-order chi connectivity index (χ0) is 17.1. The Morgan fingerprint density at radius 3 is 1.86 bits per heavy atom. The molecule has 0 unspecified atom stereocenters. The van der Waals surface area contributed by atoms with Crippen LogP contribution in [0.2, 0.25) is 0 Å². The maximum absolute atomic E-state index is 12.2. The Morgan fingerprint density at radius 2 is 1.48 bits per heavy atom. The minimum Gasteiger partial charge on any atom is -0.326 e. The molecule has 0 aliphatic heterocycles. The Balaban J connectivity index is 4.64. The summed E-state index contributed by atoms with van der Waals surface area (Å²) in [6.07, 6.45) is 3.44. The van der Waals surface area contributed by atoms with Crippen molar-refractivity contribution >= 4 is 12.1 Å². The molecule has 0 saturated carbocycles. The number of carbonyl (C=O) groups excluding carboxylic acids is 1. The summed E-state index contributed by atoms with van der Waals surface area (Å²) < 4.78 is 0. The topological polar surface area (TPSA) is 67.5 Å². The number of hydrogen-bond donors (Lipinski definition) is 2. The number of hydrogen-bond acceptors (Lipinski definition) is 3. The molecule has 3 N–H and O–H groups in total. The molecule has 4 nitrogen and oxygen atoms in total. The summed E-state index contributed by atoms with van der Waals surface area (Å²) in [5, 5.41) is 4.16. The monoisotopic (exact) mass is 297 g/mol. The Kier molecular flexibility index (Phi) is 6.19. The predicted octanol–water partition coefficient (Wildman–Crippen LogP) is 3.70. The average molecular weight is 297 g/mol. The van der Waals surface area contributed by atoms with Crippen molar-refractivity contribution in [2.45, 2.75) is 80.7 Å². The fourth-order valence-electron chi connectivity index (χ4n) is 3.05. The largest absolute Gasteiger partial charge is 0.326 e. The van der Waals surface area contributed by atoms with Crippen molar-refractivity contribution in [1.82, 2.24) is 5.43 Å². The fraction of sp³-hybridized carbons (Fsp3) is 0.882. The molecule has 0 radical (unpaired) electrons. The molecule has 0 aliphatic rings. The average Bonchev–Trinajstić information content (AvgIpc) is 2.08. The summed E-state index contributed by atoms with van der Waals surface area (Å²) in [5.41, 5.74) is 7.93. The molecular formula is C17H35N3O. The molecule has 0 aromatic heterocycles. The van der Waals surface area contributed by atoms with E-state index in [0.29, 0.717) is 6.42 Å². The summed E-state index contributed by atoms with van der Waals surface area (Å²) in [5.74, 6) is -0.0937. The molecule has 0 atom stereocenters. The summed E-state index contributed by atoms with van der Waals surface area (Å²) in [6.45, 7) is 18.5. The number of nitrogens with two attached hydrogens (primary N) is 1. The molecule has 0 saturated heterocycles. The van der Waals surface area contributed by atoms with Gasteiger partial charge in [0.25, 0.3) is 0 Å². The van der Waals surface area contributed by atoms with Crippen LogP contribution in [0.3, 0.4) is 0 Å². The lowest BCUT2D eigenvalue weighted by atomic mass is 9.77. The first kappa shape index (κ1) is 20.1. The second kappa shape index (κ2) is 6.47. The van der Waals surface area contributed by atoms with Gasteiger partial charge in [-0.15, -0.1) is 0 Å². The van der Waals surface area contributed by atoms with Gasteiger partial charge in [-0.05, 0) is 32.1 Å². The molecule has 4 heteroatoms. The van der Waals surface area contributed by atoms with Crippen molar-refractivity contribution in [2.75, 3.05) is 0 Å². The number of carbonyl (C=O) groups is 1. The normalized spacial score (nSPS) is 14.6. The molecule has 1 amide bonds. The number of nitrogens with zero attached hydrogens (tertiary/aromatic N) is 1. The minimum absolute atomic E-state index is 0.0528. The lowest BCUT2D eigenvalue weighted by Crippen LogP contribution is -2.44. The van der Waals surface area contributed by atoms with Crippen LogP contribution in [-0.2, 0) is 4.79 Å². The van der Waals surface area contributed by atoms with Crippen LogP contribution in [-0.4, -0.2) is 17.7 Å². The van der Waals surface area contributed by atoms with Crippen molar-refractivity contribution in [3.8, 4) is 0 Å². The highest BCUT2D eigenvalue weighted by Crippen LogP contribution is 2.31. The van der Waals surface area contributed by atoms with E-state index in [1.807, 2.05) is 33.9 Å². The van der Waals surface area contributed by atoms with Crippen molar-refractivity contribution in [1.29, 1.82) is 0 Å². The van der Waals surface area contributed by atoms with Crippen molar-refractivity contribution < 1.29 is 4.79 Å². The predicted molar refractivity (Wildman–Crippen MR) is 91.2 cm³/mol. The third-order valence-corrected chi connectivity index (χ3v) is 3.08. The summed E-state index contributed by atoms with van der Waals surface area (Å²) in [7, 11) is 0. The quantitative estimate of drug-likeness (QED) is 0.580. The first-order valence-electron chi connectivity index (χ1n) is 7.68. The Morgan fingerprint density at radius 1 is 1.00 bits per heavy atom. The zero-order valence-electron chi connectivity index (χ0n) is 15.4. The van der Waals surface area contributed by atoms with E-state index in [0.717, 1.165) is 6.42 Å². The third kappa shape index (κ3) is 9.62. The second-order valence-corrected chi connectivity index (χ2v) is 9.47. The van der Waals surface area contributed by atoms with Gasteiger partial charge in [-0.2, -0.15) is 5.10 Å². The maximum Gasteiger partial charge on any atom is 0.245 e. The van der Waals surface area contributed by atoms with Gasteiger partial charge in [-0.1, -0.05) is 48.5 Å². The van der Waals surface area contributed by atoms with E-state index in [9.17, 15) is 4.79 Å². The molecule has 0 spiro atoms. The van der Waals surface area contributed by atoms with Gasteiger partial charge in [0.2, 0.25) is 5.91 Å². The molecule has 0 rings (SSSR count). The highest BCUT2D eigenvalue weighted by molar-refractivity contribution is 5.82. The molecule has 0 fully saturated rings. The van der Waals surface area contributed by atoms with Crippen LogP contribution in [0.25, 0.3) is 0 Å². The van der Waals surface area contributed by atoms with E-state index < -0.39 is 5.41 Å². The van der Waals surface area contributed by atoms with Crippen LogP contribution in [0.5, 0.6) is 0 Å². The van der Waals surface area contributed by atoms with Gasteiger partial charge in [0.05, 0.1) is 0 Å². The van der Waals surface area contributed by atoms with E-state index in [1.54, 1.807) is 0 Å². The summed E-state index contributed by atoms with van der Waals surface area (Å²) in [6, 6.07) is 0. The molecule has 0 aromatic carbocycles. The Bertz CT molecular complexity index is 382. The van der Waals surface area contributed by atoms with Gasteiger partial charge in [0, 0.05) is 22.6 Å².